The van der Waals surface area contributed by atoms with Gasteiger partial charge in [-0.05, 0) is 13.8 Å². The van der Waals surface area contributed by atoms with Gasteiger partial charge in [-0.15, -0.1) is 0 Å². The zero-order valence-electron chi connectivity index (χ0n) is 8.94. The number of nitrogen functional groups attached to an aromatic ring is 1. The Bertz CT molecular complexity index is 432. The predicted molar refractivity (Wildman–Crippen MR) is 56.0 cm³/mol. The molecule has 0 fully saturated rings. The Labute approximate surface area is 83.0 Å². The third kappa shape index (κ3) is 1.53. The van der Waals surface area contributed by atoms with Crippen LogP contribution in [0, 0.1) is 13.8 Å². The van der Waals surface area contributed by atoms with Crippen LogP contribution in [0.3, 0.4) is 0 Å². The van der Waals surface area contributed by atoms with Gasteiger partial charge < -0.3 is 5.73 Å². The van der Waals surface area contributed by atoms with Crippen molar-refractivity contribution in [1.29, 1.82) is 0 Å². The summed E-state index contributed by atoms with van der Waals surface area (Å²) in [4.78, 5) is 8.12. The van der Waals surface area contributed by atoms with E-state index in [2.05, 4.69) is 15.1 Å². The Morgan fingerprint density at radius 1 is 1.29 bits per heavy atom. The lowest BCUT2D eigenvalue weighted by atomic mass is 10.4. The molecule has 0 bridgehead atoms. The molecule has 0 unspecified atom stereocenters. The Morgan fingerprint density at radius 2 is 1.93 bits per heavy atom. The molecule has 0 saturated heterocycles. The van der Waals surface area contributed by atoms with Crippen molar-refractivity contribution < 1.29 is 0 Å². The van der Waals surface area contributed by atoms with E-state index in [0.717, 1.165) is 17.0 Å². The normalized spacial score (nSPS) is 9.71. The maximum absolute atomic E-state index is 5.66. The van der Waals surface area contributed by atoms with Crippen LogP contribution in [0.25, 0.3) is 5.52 Å². The second-order valence-corrected chi connectivity index (χ2v) is 2.65. The zero-order chi connectivity index (χ0) is 10.7. The van der Waals surface area contributed by atoms with E-state index in [1.807, 2.05) is 27.7 Å². The Balaban J connectivity index is 0.000000461. The molecule has 5 nitrogen and oxygen atoms in total. The van der Waals surface area contributed by atoms with Gasteiger partial charge in [0.2, 0.25) is 0 Å². The van der Waals surface area contributed by atoms with Crippen molar-refractivity contribution in [1.82, 2.24) is 19.6 Å². The summed E-state index contributed by atoms with van der Waals surface area (Å²) in [6.07, 6.45) is 1.43. The van der Waals surface area contributed by atoms with Gasteiger partial charge in [0.25, 0.3) is 0 Å². The number of aromatic nitrogens is 4. The molecule has 0 aromatic carbocycles. The minimum atomic E-state index is 0.475. The maximum Gasteiger partial charge on any atom is 0.153 e. The van der Waals surface area contributed by atoms with E-state index in [4.69, 9.17) is 5.73 Å². The quantitative estimate of drug-likeness (QED) is 0.685. The number of hydrogen-bond acceptors (Lipinski definition) is 4. The van der Waals surface area contributed by atoms with Gasteiger partial charge in [-0.25, -0.2) is 14.5 Å². The molecule has 2 rings (SSSR count). The zero-order valence-corrected chi connectivity index (χ0v) is 8.94. The summed E-state index contributed by atoms with van der Waals surface area (Å²) < 4.78 is 1.69. The van der Waals surface area contributed by atoms with Gasteiger partial charge in [-0.1, -0.05) is 13.8 Å². The summed E-state index contributed by atoms with van der Waals surface area (Å²) in [5, 5.41) is 4.03. The van der Waals surface area contributed by atoms with Crippen LogP contribution in [0.15, 0.2) is 6.33 Å². The van der Waals surface area contributed by atoms with Crippen LogP contribution in [-0.4, -0.2) is 19.6 Å². The van der Waals surface area contributed by atoms with Crippen LogP contribution in [0.4, 0.5) is 5.82 Å². The second-order valence-electron chi connectivity index (χ2n) is 2.65. The van der Waals surface area contributed by atoms with Crippen LogP contribution in [0.2, 0.25) is 0 Å². The maximum atomic E-state index is 5.66. The minimum Gasteiger partial charge on any atom is -0.382 e. The largest absolute Gasteiger partial charge is 0.382 e. The van der Waals surface area contributed by atoms with Crippen molar-refractivity contribution in [2.75, 3.05) is 5.73 Å². The summed E-state index contributed by atoms with van der Waals surface area (Å²) in [6, 6.07) is 0. The first kappa shape index (κ1) is 10.4. The summed E-state index contributed by atoms with van der Waals surface area (Å²) in [6.45, 7) is 7.77. The fourth-order valence-corrected chi connectivity index (χ4v) is 1.29. The summed E-state index contributed by atoms with van der Waals surface area (Å²) in [7, 11) is 0. The molecule has 0 aliphatic heterocycles. The van der Waals surface area contributed by atoms with Gasteiger partial charge in [0.15, 0.2) is 5.82 Å². The molecule has 0 spiro atoms. The van der Waals surface area contributed by atoms with Crippen LogP contribution < -0.4 is 5.73 Å². The van der Waals surface area contributed by atoms with Gasteiger partial charge in [-0.2, -0.15) is 5.10 Å². The molecule has 76 valence electrons. The molecular weight excluding hydrogens is 178 g/mol. The second kappa shape index (κ2) is 4.04. The molecule has 0 aliphatic rings. The van der Waals surface area contributed by atoms with Crippen LogP contribution in [0.1, 0.15) is 25.4 Å². The van der Waals surface area contributed by atoms with Crippen molar-refractivity contribution in [3.63, 3.8) is 0 Å². The topological polar surface area (TPSA) is 69.1 Å². The first-order valence-corrected chi connectivity index (χ1v) is 4.62. The Kier molecular flexibility index (Phi) is 3.01. The summed E-state index contributed by atoms with van der Waals surface area (Å²) in [5.74, 6) is 1.31. The van der Waals surface area contributed by atoms with Gasteiger partial charge in [0.05, 0.1) is 5.69 Å². The van der Waals surface area contributed by atoms with E-state index in [1.165, 1.54) is 6.33 Å². The number of nitrogens with zero attached hydrogens (tertiary/aromatic N) is 4. The third-order valence-corrected chi connectivity index (χ3v) is 1.80. The average molecular weight is 193 g/mol. The van der Waals surface area contributed by atoms with E-state index in [1.54, 1.807) is 4.52 Å². The van der Waals surface area contributed by atoms with Crippen LogP contribution in [-0.2, 0) is 0 Å². The minimum absolute atomic E-state index is 0.475. The van der Waals surface area contributed by atoms with E-state index >= 15 is 0 Å². The number of imidazole rings is 1. The molecule has 5 heteroatoms. The lowest BCUT2D eigenvalue weighted by Gasteiger charge is -1.96. The number of anilines is 1. The lowest BCUT2D eigenvalue weighted by molar-refractivity contribution is 0.855. The Hall–Kier alpha value is -1.65. The molecule has 0 amide bonds. The van der Waals surface area contributed by atoms with Crippen molar-refractivity contribution in [3.8, 4) is 0 Å². The first-order valence-electron chi connectivity index (χ1n) is 4.62. The van der Waals surface area contributed by atoms with Crippen molar-refractivity contribution >= 4 is 11.3 Å². The number of aryl methyl sites for hydroxylation is 2. The van der Waals surface area contributed by atoms with Gasteiger partial charge in [-0.3, -0.25) is 0 Å². The molecule has 2 N–H and O–H groups in total. The highest BCUT2D eigenvalue weighted by Crippen LogP contribution is 2.14. The predicted octanol–water partition coefficient (Wildman–Crippen LogP) is 1.35. The van der Waals surface area contributed by atoms with Crippen LogP contribution in [0.5, 0.6) is 0 Å². The molecule has 2 aromatic rings. The van der Waals surface area contributed by atoms with Crippen LogP contribution >= 0.6 is 0 Å². The number of hydrogen-bond donors (Lipinski definition) is 1. The van der Waals surface area contributed by atoms with Crippen molar-refractivity contribution in [2.24, 2.45) is 0 Å². The molecule has 0 atom stereocenters. The van der Waals surface area contributed by atoms with E-state index < -0.39 is 0 Å². The van der Waals surface area contributed by atoms with Gasteiger partial charge in [0.1, 0.15) is 17.7 Å². The Morgan fingerprint density at radius 3 is 2.50 bits per heavy atom. The molecule has 14 heavy (non-hydrogen) atoms. The third-order valence-electron chi connectivity index (χ3n) is 1.80. The average Bonchev–Trinajstić information content (AvgIpc) is 2.47. The fourth-order valence-electron chi connectivity index (χ4n) is 1.29. The fraction of sp³-hybridized carbons (Fsp3) is 0.444. The highest BCUT2D eigenvalue weighted by atomic mass is 15.3. The number of nitrogens with two attached hydrogens (primary N) is 1. The van der Waals surface area contributed by atoms with E-state index in [9.17, 15) is 0 Å². The monoisotopic (exact) mass is 193 g/mol. The standard InChI is InChI=1S/C7H9N5.C2H6/c1-4-6-7(8)9-3-10-12(6)5(2)11-4;1-2/h3H,1-2H3,(H2,8,9,10);1-2H3. The molecule has 0 radical (unpaired) electrons. The SMILES string of the molecule is CC.Cc1nc(C)n2ncnc(N)c12. The smallest absolute Gasteiger partial charge is 0.153 e. The summed E-state index contributed by atoms with van der Waals surface area (Å²) in [5.41, 5.74) is 7.33. The molecule has 2 heterocycles. The molecule has 0 aliphatic carbocycles. The van der Waals surface area contributed by atoms with E-state index in [0.29, 0.717) is 5.82 Å². The van der Waals surface area contributed by atoms with Crippen molar-refractivity contribution in [2.45, 2.75) is 27.7 Å². The molecule has 2 aromatic heterocycles. The van der Waals surface area contributed by atoms with Crippen molar-refractivity contribution in [3.05, 3.63) is 17.8 Å². The molecule has 0 saturated carbocycles. The van der Waals surface area contributed by atoms with Gasteiger partial charge >= 0.3 is 0 Å². The van der Waals surface area contributed by atoms with Gasteiger partial charge in [0, 0.05) is 0 Å². The highest BCUT2D eigenvalue weighted by Gasteiger charge is 2.07. The van der Waals surface area contributed by atoms with E-state index in [-0.39, 0.29) is 0 Å². The first-order chi connectivity index (χ1) is 6.70. The number of fused-ring (bicyclic) bond motifs is 1. The summed E-state index contributed by atoms with van der Waals surface area (Å²) >= 11 is 0. The highest BCUT2D eigenvalue weighted by molar-refractivity contribution is 5.67. The molecular formula is C9H15N5. The number of rotatable bonds is 0. The lowest BCUT2D eigenvalue weighted by Crippen LogP contribution is -2.00.